The lowest BCUT2D eigenvalue weighted by Gasteiger charge is -2.41. The first kappa shape index (κ1) is 13.4. The molecule has 106 valence electrons. The first-order valence-corrected chi connectivity index (χ1v) is 7.88. The Bertz CT molecular complexity index is 640. The average Bonchev–Trinajstić information content (AvgIpc) is 2.76. The molecule has 1 fully saturated rings. The molecule has 2 aromatic rings. The van der Waals surface area contributed by atoms with Crippen LogP contribution in [0.15, 0.2) is 18.3 Å². The van der Waals surface area contributed by atoms with Gasteiger partial charge in [-0.1, -0.05) is 13.3 Å². The molecule has 0 aliphatic heterocycles. The van der Waals surface area contributed by atoms with E-state index in [0.717, 1.165) is 23.2 Å². The predicted molar refractivity (Wildman–Crippen MR) is 82.9 cm³/mol. The Hall–Kier alpha value is -1.62. The van der Waals surface area contributed by atoms with Crippen LogP contribution in [0.3, 0.4) is 0 Å². The largest absolute Gasteiger partial charge is 0.397 e. The Morgan fingerprint density at radius 2 is 2.35 bits per heavy atom. The van der Waals surface area contributed by atoms with Gasteiger partial charge in [-0.3, -0.25) is 4.79 Å². The van der Waals surface area contributed by atoms with E-state index in [1.54, 1.807) is 6.20 Å². The van der Waals surface area contributed by atoms with Gasteiger partial charge in [0, 0.05) is 18.1 Å². The van der Waals surface area contributed by atoms with Gasteiger partial charge < -0.3 is 11.1 Å². The Labute approximate surface area is 122 Å². The van der Waals surface area contributed by atoms with E-state index in [1.807, 2.05) is 12.1 Å². The number of carbonyl (C=O) groups is 1. The number of pyridine rings is 1. The minimum Gasteiger partial charge on any atom is -0.397 e. The van der Waals surface area contributed by atoms with Gasteiger partial charge >= 0.3 is 0 Å². The molecule has 0 radical (unpaired) electrons. The van der Waals surface area contributed by atoms with Crippen LogP contribution in [-0.4, -0.2) is 17.4 Å². The van der Waals surface area contributed by atoms with Crippen LogP contribution in [-0.2, 0) is 0 Å². The maximum Gasteiger partial charge on any atom is 0.263 e. The summed E-state index contributed by atoms with van der Waals surface area (Å²) in [4.78, 5) is 18.0. The van der Waals surface area contributed by atoms with E-state index in [0.29, 0.717) is 16.0 Å². The van der Waals surface area contributed by atoms with Gasteiger partial charge in [0.2, 0.25) is 0 Å². The normalized spacial score (nSPS) is 16.9. The van der Waals surface area contributed by atoms with Crippen LogP contribution in [0.1, 0.15) is 42.3 Å². The van der Waals surface area contributed by atoms with Gasteiger partial charge in [-0.05, 0) is 36.8 Å². The van der Waals surface area contributed by atoms with Gasteiger partial charge in [0.05, 0.1) is 5.69 Å². The molecular weight excluding hydrogens is 270 g/mol. The van der Waals surface area contributed by atoms with Gasteiger partial charge in [0.25, 0.3) is 5.91 Å². The molecule has 4 nitrogen and oxygen atoms in total. The number of fused-ring (bicyclic) bond motifs is 1. The van der Waals surface area contributed by atoms with Crippen LogP contribution < -0.4 is 11.1 Å². The van der Waals surface area contributed by atoms with Crippen molar-refractivity contribution >= 4 is 33.1 Å². The highest BCUT2D eigenvalue weighted by Crippen LogP contribution is 2.43. The number of hydrogen-bond donors (Lipinski definition) is 2. The molecule has 20 heavy (non-hydrogen) atoms. The lowest BCUT2D eigenvalue weighted by Crippen LogP contribution is -2.41. The zero-order valence-electron chi connectivity index (χ0n) is 11.6. The van der Waals surface area contributed by atoms with Crippen LogP contribution in [0.4, 0.5) is 5.69 Å². The lowest BCUT2D eigenvalue weighted by atomic mass is 9.67. The number of nitrogens with two attached hydrogens (primary N) is 1. The molecule has 0 saturated heterocycles. The van der Waals surface area contributed by atoms with Crippen molar-refractivity contribution in [1.29, 1.82) is 0 Å². The topological polar surface area (TPSA) is 68.0 Å². The molecule has 0 spiro atoms. The summed E-state index contributed by atoms with van der Waals surface area (Å²) in [5.74, 6) is -0.0646. The van der Waals surface area contributed by atoms with E-state index in [2.05, 4.69) is 17.2 Å². The Morgan fingerprint density at radius 1 is 1.55 bits per heavy atom. The fraction of sp³-hybridized carbons (Fsp3) is 0.467. The molecule has 3 rings (SSSR count). The van der Waals surface area contributed by atoms with Crippen molar-refractivity contribution in [2.75, 3.05) is 12.3 Å². The molecule has 1 aliphatic rings. The number of aromatic nitrogens is 1. The zero-order chi connectivity index (χ0) is 14.2. The fourth-order valence-electron chi connectivity index (χ4n) is 2.80. The minimum atomic E-state index is -0.0646. The molecule has 0 aromatic carbocycles. The Morgan fingerprint density at radius 3 is 2.95 bits per heavy atom. The number of nitrogens with one attached hydrogen (secondary N) is 1. The second-order valence-electron chi connectivity index (χ2n) is 5.59. The summed E-state index contributed by atoms with van der Waals surface area (Å²) in [6, 6.07) is 3.75. The van der Waals surface area contributed by atoms with Crippen molar-refractivity contribution in [3.63, 3.8) is 0 Å². The van der Waals surface area contributed by atoms with Crippen molar-refractivity contribution in [1.82, 2.24) is 10.3 Å². The third-order valence-corrected chi connectivity index (χ3v) is 5.63. The molecule has 5 heteroatoms. The van der Waals surface area contributed by atoms with E-state index < -0.39 is 0 Å². The van der Waals surface area contributed by atoms with Crippen LogP contribution in [0.25, 0.3) is 10.2 Å². The van der Waals surface area contributed by atoms with Crippen molar-refractivity contribution in [2.45, 2.75) is 32.6 Å². The zero-order valence-corrected chi connectivity index (χ0v) is 12.4. The van der Waals surface area contributed by atoms with Gasteiger partial charge in [-0.25, -0.2) is 4.98 Å². The standard InChI is InChI=1S/C15H19N3OS/c1-2-15(6-4-7-15)9-18-13(19)12-11(16)10-5-3-8-17-14(10)20-12/h3,5,8H,2,4,6-7,9,16H2,1H3,(H,18,19). The number of anilines is 1. The molecule has 1 aliphatic carbocycles. The van der Waals surface area contributed by atoms with Gasteiger partial charge in [-0.15, -0.1) is 11.3 Å². The molecular formula is C15H19N3OS. The quantitative estimate of drug-likeness (QED) is 0.908. The molecule has 2 heterocycles. The monoisotopic (exact) mass is 289 g/mol. The Kier molecular flexibility index (Phi) is 3.38. The molecule has 2 aromatic heterocycles. The summed E-state index contributed by atoms with van der Waals surface area (Å²) in [5.41, 5.74) is 6.94. The summed E-state index contributed by atoms with van der Waals surface area (Å²) < 4.78 is 0. The van der Waals surface area contributed by atoms with Crippen molar-refractivity contribution in [3.05, 3.63) is 23.2 Å². The molecule has 0 unspecified atom stereocenters. The average molecular weight is 289 g/mol. The van der Waals surface area contributed by atoms with Crippen LogP contribution in [0, 0.1) is 5.41 Å². The molecule has 0 atom stereocenters. The highest BCUT2D eigenvalue weighted by molar-refractivity contribution is 7.21. The second-order valence-corrected chi connectivity index (χ2v) is 6.59. The highest BCUT2D eigenvalue weighted by atomic mass is 32.1. The highest BCUT2D eigenvalue weighted by Gasteiger charge is 2.35. The van der Waals surface area contributed by atoms with E-state index >= 15 is 0 Å². The number of rotatable bonds is 4. The second kappa shape index (κ2) is 5.05. The molecule has 3 N–H and O–H groups in total. The summed E-state index contributed by atoms with van der Waals surface area (Å²) in [6.45, 7) is 2.95. The maximum atomic E-state index is 12.3. The molecule has 0 bridgehead atoms. The van der Waals surface area contributed by atoms with Gasteiger partial charge in [0.15, 0.2) is 0 Å². The SMILES string of the molecule is CCC1(CNC(=O)c2sc3ncccc3c2N)CCC1. The number of nitrogens with zero attached hydrogens (tertiary/aromatic N) is 1. The summed E-state index contributed by atoms with van der Waals surface area (Å²) in [5, 5.41) is 3.93. The van der Waals surface area contributed by atoms with Gasteiger partial charge in [-0.2, -0.15) is 0 Å². The van der Waals surface area contributed by atoms with Crippen molar-refractivity contribution < 1.29 is 4.79 Å². The smallest absolute Gasteiger partial charge is 0.263 e. The number of hydrogen-bond acceptors (Lipinski definition) is 4. The van der Waals surface area contributed by atoms with Crippen LogP contribution in [0.2, 0.25) is 0 Å². The predicted octanol–water partition coefficient (Wildman–Crippen LogP) is 3.19. The summed E-state index contributed by atoms with van der Waals surface area (Å²) in [7, 11) is 0. The maximum absolute atomic E-state index is 12.3. The summed E-state index contributed by atoms with van der Waals surface area (Å²) in [6.07, 6.45) is 6.55. The van der Waals surface area contributed by atoms with E-state index in [4.69, 9.17) is 5.73 Å². The van der Waals surface area contributed by atoms with E-state index in [9.17, 15) is 4.79 Å². The van der Waals surface area contributed by atoms with Crippen LogP contribution >= 0.6 is 11.3 Å². The fourth-order valence-corrected chi connectivity index (χ4v) is 3.78. The molecule has 1 saturated carbocycles. The number of nitrogen functional groups attached to an aromatic ring is 1. The van der Waals surface area contributed by atoms with E-state index in [-0.39, 0.29) is 5.91 Å². The number of thiophene rings is 1. The Balaban J connectivity index is 1.77. The van der Waals surface area contributed by atoms with Crippen LogP contribution in [0.5, 0.6) is 0 Å². The summed E-state index contributed by atoms with van der Waals surface area (Å²) >= 11 is 1.37. The van der Waals surface area contributed by atoms with Crippen molar-refractivity contribution in [2.24, 2.45) is 5.41 Å². The first-order chi connectivity index (χ1) is 9.65. The number of amides is 1. The van der Waals surface area contributed by atoms with Gasteiger partial charge in [0.1, 0.15) is 9.71 Å². The van der Waals surface area contributed by atoms with E-state index in [1.165, 1.54) is 30.6 Å². The molecule has 1 amide bonds. The lowest BCUT2D eigenvalue weighted by molar-refractivity contribution is 0.0854. The first-order valence-electron chi connectivity index (χ1n) is 7.06. The van der Waals surface area contributed by atoms with Crippen molar-refractivity contribution in [3.8, 4) is 0 Å². The minimum absolute atomic E-state index is 0.0646. The number of carbonyl (C=O) groups excluding carboxylic acids is 1. The third-order valence-electron chi connectivity index (χ3n) is 4.50. The third kappa shape index (κ3) is 2.16.